The zero-order chi connectivity index (χ0) is 12.3. The molecule has 0 aliphatic carbocycles. The molecule has 0 atom stereocenters. The zero-order valence-electron chi connectivity index (χ0n) is 10.1. The minimum absolute atomic E-state index is 0.561. The number of methoxy groups -OCH3 is 1. The summed E-state index contributed by atoms with van der Waals surface area (Å²) in [6, 6.07) is 1.79. The predicted octanol–water partition coefficient (Wildman–Crippen LogP) is 1.14. The van der Waals surface area contributed by atoms with Crippen LogP contribution in [0.1, 0.15) is 11.3 Å². The Morgan fingerprint density at radius 2 is 2.24 bits per heavy atom. The second-order valence-electron chi connectivity index (χ2n) is 3.75. The molecule has 0 aliphatic heterocycles. The van der Waals surface area contributed by atoms with Crippen molar-refractivity contribution >= 4 is 5.95 Å². The Hall–Kier alpha value is -2.11. The average Bonchev–Trinajstić information content (AvgIpc) is 2.72. The number of ether oxygens (including phenoxy) is 1. The maximum absolute atomic E-state index is 5.08. The number of rotatable bonds is 4. The second-order valence-corrected chi connectivity index (χ2v) is 3.75. The first-order valence-corrected chi connectivity index (χ1v) is 5.28. The van der Waals surface area contributed by atoms with Gasteiger partial charge in [0.1, 0.15) is 0 Å². The molecule has 0 saturated carbocycles. The largest absolute Gasteiger partial charge is 0.481 e. The summed E-state index contributed by atoms with van der Waals surface area (Å²) < 4.78 is 6.84. The Morgan fingerprint density at radius 3 is 2.88 bits per heavy atom. The lowest BCUT2D eigenvalue weighted by Crippen LogP contribution is -2.04. The van der Waals surface area contributed by atoms with E-state index in [9.17, 15) is 0 Å². The molecular weight excluding hydrogens is 218 g/mol. The molecule has 0 amide bonds. The first kappa shape index (κ1) is 11.4. The molecule has 2 aromatic rings. The van der Waals surface area contributed by atoms with Crippen molar-refractivity contribution in [1.82, 2.24) is 19.7 Å². The highest BCUT2D eigenvalue weighted by molar-refractivity contribution is 5.31. The summed E-state index contributed by atoms with van der Waals surface area (Å²) in [6.07, 6.45) is 3.75. The van der Waals surface area contributed by atoms with Gasteiger partial charge in [-0.15, -0.1) is 0 Å². The third-order valence-corrected chi connectivity index (χ3v) is 2.25. The molecule has 0 bridgehead atoms. The summed E-state index contributed by atoms with van der Waals surface area (Å²) in [5, 5.41) is 7.23. The van der Waals surface area contributed by atoms with Crippen LogP contribution in [0.3, 0.4) is 0 Å². The van der Waals surface area contributed by atoms with E-state index in [0.717, 1.165) is 11.3 Å². The molecule has 17 heavy (non-hydrogen) atoms. The SMILES string of the molecule is COc1cc(C)nc(NCc2cnn(C)c2)n1. The average molecular weight is 233 g/mol. The number of hydrogen-bond acceptors (Lipinski definition) is 5. The van der Waals surface area contributed by atoms with Gasteiger partial charge in [-0.3, -0.25) is 4.68 Å². The summed E-state index contributed by atoms with van der Waals surface area (Å²) >= 11 is 0. The van der Waals surface area contributed by atoms with Gasteiger partial charge in [0.05, 0.1) is 13.3 Å². The molecule has 2 rings (SSSR count). The van der Waals surface area contributed by atoms with E-state index in [2.05, 4.69) is 20.4 Å². The van der Waals surface area contributed by atoms with E-state index in [1.807, 2.05) is 20.2 Å². The van der Waals surface area contributed by atoms with Crippen LogP contribution < -0.4 is 10.1 Å². The Morgan fingerprint density at radius 1 is 1.41 bits per heavy atom. The molecule has 6 heteroatoms. The molecule has 0 saturated heterocycles. The van der Waals surface area contributed by atoms with Crippen LogP contribution in [0.25, 0.3) is 0 Å². The van der Waals surface area contributed by atoms with Gasteiger partial charge in [-0.25, -0.2) is 4.98 Å². The molecule has 0 aromatic carbocycles. The fourth-order valence-electron chi connectivity index (χ4n) is 1.47. The van der Waals surface area contributed by atoms with Crippen molar-refractivity contribution in [2.24, 2.45) is 7.05 Å². The van der Waals surface area contributed by atoms with Crippen molar-refractivity contribution in [3.05, 3.63) is 29.7 Å². The zero-order valence-corrected chi connectivity index (χ0v) is 10.1. The van der Waals surface area contributed by atoms with Gasteiger partial charge in [0.2, 0.25) is 11.8 Å². The van der Waals surface area contributed by atoms with Crippen LogP contribution in [0.2, 0.25) is 0 Å². The predicted molar refractivity (Wildman–Crippen MR) is 63.9 cm³/mol. The number of aromatic nitrogens is 4. The fourth-order valence-corrected chi connectivity index (χ4v) is 1.47. The lowest BCUT2D eigenvalue weighted by Gasteiger charge is -2.06. The van der Waals surface area contributed by atoms with Gasteiger partial charge >= 0.3 is 0 Å². The van der Waals surface area contributed by atoms with Gasteiger partial charge in [-0.05, 0) is 6.92 Å². The molecule has 0 aliphatic rings. The first-order chi connectivity index (χ1) is 8.17. The molecule has 1 N–H and O–H groups in total. The second kappa shape index (κ2) is 4.82. The van der Waals surface area contributed by atoms with Gasteiger partial charge in [0.25, 0.3) is 0 Å². The Balaban J connectivity index is 2.05. The van der Waals surface area contributed by atoms with E-state index in [4.69, 9.17) is 4.74 Å². The fraction of sp³-hybridized carbons (Fsp3) is 0.364. The van der Waals surface area contributed by atoms with Gasteiger partial charge in [-0.2, -0.15) is 10.1 Å². The molecule has 0 spiro atoms. The van der Waals surface area contributed by atoms with E-state index in [0.29, 0.717) is 18.4 Å². The summed E-state index contributed by atoms with van der Waals surface area (Å²) in [5.41, 5.74) is 1.95. The third kappa shape index (κ3) is 2.93. The number of nitrogens with zero attached hydrogens (tertiary/aromatic N) is 4. The van der Waals surface area contributed by atoms with Gasteiger partial charge in [0.15, 0.2) is 0 Å². The molecule has 0 fully saturated rings. The maximum atomic E-state index is 5.08. The smallest absolute Gasteiger partial charge is 0.226 e. The van der Waals surface area contributed by atoms with Crippen molar-refractivity contribution in [2.75, 3.05) is 12.4 Å². The highest BCUT2D eigenvalue weighted by Crippen LogP contribution is 2.11. The Bertz CT molecular complexity index is 508. The van der Waals surface area contributed by atoms with Gasteiger partial charge < -0.3 is 10.1 Å². The summed E-state index contributed by atoms with van der Waals surface area (Å²) in [4.78, 5) is 8.48. The highest BCUT2D eigenvalue weighted by Gasteiger charge is 2.02. The van der Waals surface area contributed by atoms with E-state index >= 15 is 0 Å². The van der Waals surface area contributed by atoms with Crippen molar-refractivity contribution in [2.45, 2.75) is 13.5 Å². The van der Waals surface area contributed by atoms with Crippen molar-refractivity contribution in [1.29, 1.82) is 0 Å². The van der Waals surface area contributed by atoms with E-state index < -0.39 is 0 Å². The van der Waals surface area contributed by atoms with Crippen LogP contribution in [0.5, 0.6) is 5.88 Å². The minimum Gasteiger partial charge on any atom is -0.481 e. The van der Waals surface area contributed by atoms with Crippen LogP contribution >= 0.6 is 0 Å². The standard InChI is InChI=1S/C11H15N5O/c1-8-4-10(17-3)15-11(14-8)12-5-9-6-13-16(2)7-9/h4,6-7H,5H2,1-3H3,(H,12,14,15). The van der Waals surface area contributed by atoms with Crippen LogP contribution in [-0.2, 0) is 13.6 Å². The number of nitrogens with one attached hydrogen (secondary N) is 1. The molecule has 90 valence electrons. The van der Waals surface area contributed by atoms with Crippen LogP contribution in [0, 0.1) is 6.92 Å². The normalized spacial score (nSPS) is 10.3. The third-order valence-electron chi connectivity index (χ3n) is 2.25. The van der Waals surface area contributed by atoms with Crippen molar-refractivity contribution in [3.63, 3.8) is 0 Å². The minimum atomic E-state index is 0.561. The van der Waals surface area contributed by atoms with E-state index in [1.54, 1.807) is 24.1 Å². The molecule has 0 radical (unpaired) electrons. The van der Waals surface area contributed by atoms with Crippen molar-refractivity contribution in [3.8, 4) is 5.88 Å². The summed E-state index contributed by atoms with van der Waals surface area (Å²) in [5.74, 6) is 1.12. The van der Waals surface area contributed by atoms with Gasteiger partial charge in [0, 0.05) is 37.1 Å². The molecular formula is C11H15N5O. The first-order valence-electron chi connectivity index (χ1n) is 5.28. The molecule has 6 nitrogen and oxygen atoms in total. The van der Waals surface area contributed by atoms with E-state index in [-0.39, 0.29) is 0 Å². The highest BCUT2D eigenvalue weighted by atomic mass is 16.5. The number of hydrogen-bond donors (Lipinski definition) is 1. The lowest BCUT2D eigenvalue weighted by atomic mass is 10.3. The maximum Gasteiger partial charge on any atom is 0.226 e. The van der Waals surface area contributed by atoms with Crippen LogP contribution in [0.4, 0.5) is 5.95 Å². The Kier molecular flexibility index (Phi) is 3.22. The molecule has 0 unspecified atom stereocenters. The van der Waals surface area contributed by atoms with Gasteiger partial charge in [-0.1, -0.05) is 0 Å². The van der Waals surface area contributed by atoms with Crippen LogP contribution in [-0.4, -0.2) is 26.9 Å². The monoisotopic (exact) mass is 233 g/mol. The van der Waals surface area contributed by atoms with Crippen LogP contribution in [0.15, 0.2) is 18.5 Å². The molecule has 2 heterocycles. The van der Waals surface area contributed by atoms with Crippen molar-refractivity contribution < 1.29 is 4.74 Å². The summed E-state index contributed by atoms with van der Waals surface area (Å²) in [6.45, 7) is 2.54. The summed E-state index contributed by atoms with van der Waals surface area (Å²) in [7, 11) is 3.47. The molecule has 2 aromatic heterocycles. The number of aryl methyl sites for hydroxylation is 2. The quantitative estimate of drug-likeness (QED) is 0.857. The van der Waals surface area contributed by atoms with E-state index in [1.165, 1.54) is 0 Å². The lowest BCUT2D eigenvalue weighted by molar-refractivity contribution is 0.397. The number of anilines is 1. The Labute approximate surface area is 99.7 Å². The topological polar surface area (TPSA) is 64.9 Å².